The zero-order chi connectivity index (χ0) is 8.15. The summed E-state index contributed by atoms with van der Waals surface area (Å²) in [5, 5.41) is 7.65. The molecule has 5 heteroatoms. The molecule has 0 bridgehead atoms. The molecule has 0 saturated heterocycles. The van der Waals surface area contributed by atoms with Crippen LogP contribution in [0.3, 0.4) is 0 Å². The van der Waals surface area contributed by atoms with Gasteiger partial charge in [-0.25, -0.2) is 9.47 Å². The first-order valence-corrected chi connectivity index (χ1v) is 5.18. The minimum absolute atomic E-state index is 0.900. The van der Waals surface area contributed by atoms with Gasteiger partial charge in [-0.1, -0.05) is 13.8 Å². The molecule has 0 aromatic rings. The van der Waals surface area contributed by atoms with Crippen molar-refractivity contribution in [3.05, 3.63) is 0 Å². The van der Waals surface area contributed by atoms with Gasteiger partial charge in [0.1, 0.15) is 9.63 Å². The van der Waals surface area contributed by atoms with Crippen LogP contribution in [0, 0.1) is 0 Å². The second kappa shape index (κ2) is 3.26. The standard InChI is InChI=1S/C2H8O4S.C2H6/c1-7(2,4,5)6-3;1-2/h3H,1-2H3,(H,4,5);1-2H3. The third-order valence-corrected chi connectivity index (χ3v) is 0.639. The summed E-state index contributed by atoms with van der Waals surface area (Å²) in [7, 11) is -4.06. The Labute approximate surface area is 55.2 Å². The van der Waals surface area contributed by atoms with Gasteiger partial charge in [0.25, 0.3) is 0 Å². The molecule has 0 aliphatic carbocycles. The van der Waals surface area contributed by atoms with Crippen LogP contribution in [0.5, 0.6) is 0 Å². The summed E-state index contributed by atoms with van der Waals surface area (Å²) in [5.41, 5.74) is 0. The maximum absolute atomic E-state index is 10.2. The smallest absolute Gasteiger partial charge is 0.108 e. The lowest BCUT2D eigenvalue weighted by molar-refractivity contribution is -0.141. The van der Waals surface area contributed by atoms with E-state index < -0.39 is 9.63 Å². The molecule has 0 aliphatic rings. The Hall–Kier alpha value is 0.0300. The average molecular weight is 158 g/mol. The van der Waals surface area contributed by atoms with Crippen LogP contribution in [-0.4, -0.2) is 26.5 Å². The molecule has 4 nitrogen and oxygen atoms in total. The Bertz CT molecular complexity index is 114. The van der Waals surface area contributed by atoms with Crippen LogP contribution >= 0.6 is 0 Å². The largest absolute Gasteiger partial charge is 0.306 e. The fourth-order valence-electron chi connectivity index (χ4n) is 0. The number of hydrogen-bond donors (Lipinski definition) is 2. The van der Waals surface area contributed by atoms with Crippen molar-refractivity contribution in [2.24, 2.45) is 0 Å². The molecule has 0 atom stereocenters. The monoisotopic (exact) mass is 158 g/mol. The molecule has 0 fully saturated rings. The highest BCUT2D eigenvalue weighted by Crippen LogP contribution is 2.08. The van der Waals surface area contributed by atoms with Crippen molar-refractivity contribution in [2.45, 2.75) is 13.8 Å². The second-order valence-electron chi connectivity index (χ2n) is 1.73. The fourth-order valence-corrected chi connectivity index (χ4v) is 0. The summed E-state index contributed by atoms with van der Waals surface area (Å²) >= 11 is 0. The summed E-state index contributed by atoms with van der Waals surface area (Å²) in [6, 6.07) is 0. The van der Waals surface area contributed by atoms with Gasteiger partial charge in [0.05, 0.1) is 0 Å². The van der Waals surface area contributed by atoms with Crippen LogP contribution in [0.2, 0.25) is 0 Å². The molecule has 0 amide bonds. The highest BCUT2D eigenvalue weighted by atomic mass is 32.3. The van der Waals surface area contributed by atoms with E-state index in [0.29, 0.717) is 0 Å². The van der Waals surface area contributed by atoms with Gasteiger partial charge in [-0.05, 0) is 0 Å². The van der Waals surface area contributed by atoms with Gasteiger partial charge in [0.2, 0.25) is 0 Å². The molecule has 60 valence electrons. The van der Waals surface area contributed by atoms with Gasteiger partial charge >= 0.3 is 0 Å². The van der Waals surface area contributed by atoms with Crippen LogP contribution in [0.15, 0.2) is 0 Å². The van der Waals surface area contributed by atoms with E-state index in [1.807, 2.05) is 13.8 Å². The van der Waals surface area contributed by atoms with Crippen LogP contribution in [0.25, 0.3) is 0 Å². The van der Waals surface area contributed by atoms with Crippen molar-refractivity contribution >= 4 is 9.63 Å². The lowest BCUT2D eigenvalue weighted by atomic mass is 11.0. The summed E-state index contributed by atoms with van der Waals surface area (Å²) in [6.45, 7) is 4.00. The first-order valence-electron chi connectivity index (χ1n) is 2.51. The van der Waals surface area contributed by atoms with Gasteiger partial charge < -0.3 is 4.55 Å². The predicted octanol–water partition coefficient (Wildman–Crippen LogP) is 0.970. The molecule has 0 saturated carbocycles. The molecule has 0 unspecified atom stereocenters. The van der Waals surface area contributed by atoms with Gasteiger partial charge in [-0.2, -0.15) is 0 Å². The zero-order valence-electron chi connectivity index (χ0n) is 6.12. The van der Waals surface area contributed by atoms with Gasteiger partial charge in [-0.3, -0.25) is 0 Å². The second-order valence-corrected chi connectivity index (χ2v) is 5.20. The molecule has 9 heavy (non-hydrogen) atoms. The van der Waals surface area contributed by atoms with Crippen molar-refractivity contribution in [2.75, 3.05) is 12.5 Å². The van der Waals surface area contributed by atoms with Crippen molar-refractivity contribution in [3.63, 3.8) is 0 Å². The van der Waals surface area contributed by atoms with E-state index in [9.17, 15) is 4.21 Å². The minimum atomic E-state index is -4.06. The summed E-state index contributed by atoms with van der Waals surface area (Å²) in [4.78, 5) is 0. The lowest BCUT2D eigenvalue weighted by Crippen LogP contribution is -2.29. The van der Waals surface area contributed by atoms with Gasteiger partial charge in [0.15, 0.2) is 0 Å². The highest BCUT2D eigenvalue weighted by Gasteiger charge is 2.18. The first kappa shape index (κ1) is 11.8. The molecule has 2 N–H and O–H groups in total. The van der Waals surface area contributed by atoms with Crippen LogP contribution in [-0.2, 0) is 14.0 Å². The van der Waals surface area contributed by atoms with Crippen LogP contribution in [0.4, 0.5) is 0 Å². The maximum Gasteiger partial charge on any atom is 0.108 e. The molecule has 0 aliphatic heterocycles. The Morgan fingerprint density at radius 2 is 1.44 bits per heavy atom. The quantitative estimate of drug-likeness (QED) is 0.441. The molecule has 0 heterocycles. The maximum atomic E-state index is 10.2. The van der Waals surface area contributed by atoms with E-state index in [2.05, 4.69) is 4.33 Å². The van der Waals surface area contributed by atoms with Crippen molar-refractivity contribution in [1.29, 1.82) is 0 Å². The number of hydrogen-bond acceptors (Lipinski definition) is 3. The predicted molar refractivity (Wildman–Crippen MR) is 37.7 cm³/mol. The Morgan fingerprint density at radius 3 is 1.44 bits per heavy atom. The SMILES string of the molecule is CC.CS(C)(=O)(O)OO. The van der Waals surface area contributed by atoms with Crippen LogP contribution in [0.1, 0.15) is 13.8 Å². The van der Waals surface area contributed by atoms with E-state index in [1.54, 1.807) is 0 Å². The van der Waals surface area contributed by atoms with E-state index in [4.69, 9.17) is 9.81 Å². The fraction of sp³-hybridized carbons (Fsp3) is 1.00. The van der Waals surface area contributed by atoms with Gasteiger partial charge in [0, 0.05) is 12.5 Å². The molecule has 0 spiro atoms. The van der Waals surface area contributed by atoms with Crippen molar-refractivity contribution in [3.8, 4) is 0 Å². The lowest BCUT2D eigenvalue weighted by Gasteiger charge is -2.20. The minimum Gasteiger partial charge on any atom is -0.306 e. The average Bonchev–Trinajstić information content (AvgIpc) is 1.69. The van der Waals surface area contributed by atoms with E-state index >= 15 is 0 Å². The number of rotatable bonds is 1. The Balaban J connectivity index is 0. The Kier molecular flexibility index (Phi) is 4.27. The van der Waals surface area contributed by atoms with Gasteiger partial charge in [-0.15, -0.1) is 4.33 Å². The molecule has 0 rings (SSSR count). The molecular weight excluding hydrogens is 144 g/mol. The summed E-state index contributed by atoms with van der Waals surface area (Å²) < 4.78 is 21.8. The Morgan fingerprint density at radius 1 is 1.33 bits per heavy atom. The zero-order valence-corrected chi connectivity index (χ0v) is 6.94. The summed E-state index contributed by atoms with van der Waals surface area (Å²) in [6.07, 6.45) is 1.80. The third-order valence-electron chi connectivity index (χ3n) is 0.213. The molecule has 0 aromatic carbocycles. The van der Waals surface area contributed by atoms with E-state index in [1.165, 1.54) is 0 Å². The highest BCUT2D eigenvalue weighted by molar-refractivity contribution is 8.09. The third kappa shape index (κ3) is 18.0. The molecule has 0 aromatic heterocycles. The normalized spacial score (nSPS) is 14.7. The summed E-state index contributed by atoms with van der Waals surface area (Å²) in [5.74, 6) is 0. The van der Waals surface area contributed by atoms with E-state index in [0.717, 1.165) is 12.5 Å². The van der Waals surface area contributed by atoms with Crippen molar-refractivity contribution < 1.29 is 18.4 Å². The first-order chi connectivity index (χ1) is 3.81. The topological polar surface area (TPSA) is 66.8 Å². The molecule has 0 radical (unpaired) electrons. The van der Waals surface area contributed by atoms with E-state index in [-0.39, 0.29) is 0 Å². The van der Waals surface area contributed by atoms with Crippen molar-refractivity contribution in [1.82, 2.24) is 0 Å². The molecular formula is C4H14O4S. The van der Waals surface area contributed by atoms with Crippen LogP contribution < -0.4 is 0 Å².